The molecule has 3 aromatic heterocycles. The van der Waals surface area contributed by atoms with E-state index in [2.05, 4.69) is 58.2 Å². The summed E-state index contributed by atoms with van der Waals surface area (Å²) in [5, 5.41) is 34.2. The molecule has 0 aliphatic carbocycles. The lowest BCUT2D eigenvalue weighted by atomic mass is 9.98. The molecule has 258 valence electrons. The normalized spacial score (nSPS) is 15.0. The number of rotatable bonds is 8. The van der Waals surface area contributed by atoms with Crippen LogP contribution in [0.3, 0.4) is 0 Å². The Hall–Kier alpha value is -5.78. The van der Waals surface area contributed by atoms with Crippen LogP contribution in [0.4, 0.5) is 22.7 Å². The summed E-state index contributed by atoms with van der Waals surface area (Å²) < 4.78 is 0. The number of fused-ring (bicyclic) bond motifs is 8. The van der Waals surface area contributed by atoms with Gasteiger partial charge in [-0.1, -0.05) is 25.3 Å². The molecule has 12 heteroatoms. The third kappa shape index (κ3) is 5.13. The molecule has 4 aliphatic rings. The number of nitrogens with one attached hydrogen (secondary N) is 6. The van der Waals surface area contributed by atoms with Crippen molar-refractivity contribution >= 4 is 85.1 Å². The zero-order chi connectivity index (χ0) is 35.4. The molecular weight excluding hydrogens is 632 g/mol. The lowest BCUT2D eigenvalue weighted by molar-refractivity contribution is -0.137. The first-order valence-corrected chi connectivity index (χ1v) is 17.0. The molecular formula is C38H42N8O4. The fourth-order valence-corrected chi connectivity index (χ4v) is 7.68. The number of aryl methyl sites for hydroxylation is 3. The number of carboxylic acids is 2. The molecule has 3 aromatic rings. The average molecular weight is 675 g/mol. The molecule has 12 bridgehead atoms. The van der Waals surface area contributed by atoms with E-state index in [9.17, 15) is 19.8 Å². The van der Waals surface area contributed by atoms with Crippen LogP contribution in [0.1, 0.15) is 78.1 Å². The number of nitrogens with zero attached hydrogens (tertiary/aromatic N) is 2. The minimum absolute atomic E-state index is 0.0663. The molecule has 0 saturated heterocycles. The first kappa shape index (κ1) is 32.8. The van der Waals surface area contributed by atoms with Gasteiger partial charge >= 0.3 is 11.9 Å². The Morgan fingerprint density at radius 2 is 1.14 bits per heavy atom. The first-order chi connectivity index (χ1) is 24.0. The summed E-state index contributed by atoms with van der Waals surface area (Å²) in [6.45, 7) is 18.7. The topological polar surface area (TPSA) is 180 Å². The molecule has 0 radical (unpaired) electrons. The van der Waals surface area contributed by atoms with E-state index in [0.29, 0.717) is 37.6 Å². The molecule has 4 aliphatic heterocycles. The molecule has 7 heterocycles. The van der Waals surface area contributed by atoms with Gasteiger partial charge in [0.1, 0.15) is 0 Å². The summed E-state index contributed by atoms with van der Waals surface area (Å²) >= 11 is 0. The second-order valence-corrected chi connectivity index (χ2v) is 13.1. The molecule has 0 atom stereocenters. The first-order valence-electron chi connectivity index (χ1n) is 17.0. The summed E-state index contributed by atoms with van der Waals surface area (Å²) in [4.78, 5) is 41.9. The van der Waals surface area contributed by atoms with Crippen LogP contribution in [-0.4, -0.2) is 68.3 Å². The van der Waals surface area contributed by atoms with Crippen molar-refractivity contribution in [1.29, 1.82) is 0 Å². The van der Waals surface area contributed by atoms with Gasteiger partial charge in [0.25, 0.3) is 0 Å². The third-order valence-corrected chi connectivity index (χ3v) is 10.2. The fraction of sp³-hybridized carbons (Fsp3) is 0.316. The van der Waals surface area contributed by atoms with Gasteiger partial charge in [0.2, 0.25) is 0 Å². The predicted molar refractivity (Wildman–Crippen MR) is 203 cm³/mol. The number of aromatic nitrogens is 4. The number of allylic oxidation sites excluding steroid dienone is 5. The minimum Gasteiger partial charge on any atom is -0.481 e. The van der Waals surface area contributed by atoms with E-state index < -0.39 is 11.9 Å². The van der Waals surface area contributed by atoms with Gasteiger partial charge < -0.3 is 41.4 Å². The monoisotopic (exact) mass is 674 g/mol. The van der Waals surface area contributed by atoms with Crippen molar-refractivity contribution in [1.82, 2.24) is 19.9 Å². The van der Waals surface area contributed by atoms with E-state index in [1.807, 2.05) is 26.0 Å². The molecule has 0 saturated carbocycles. The van der Waals surface area contributed by atoms with E-state index in [0.717, 1.165) is 101 Å². The Morgan fingerprint density at radius 1 is 0.640 bits per heavy atom. The molecule has 0 fully saturated rings. The zero-order valence-corrected chi connectivity index (χ0v) is 28.8. The van der Waals surface area contributed by atoms with Gasteiger partial charge in [-0.15, -0.1) is 0 Å². The van der Waals surface area contributed by atoms with Crippen LogP contribution in [0, 0.1) is 13.8 Å². The maximum absolute atomic E-state index is 12.0. The van der Waals surface area contributed by atoms with Crippen molar-refractivity contribution in [3.8, 4) is 0 Å². The number of carbonyl (C=O) groups is 2. The SMILES string of the molecule is C=CC1=C(C)c2nc1c1c3[nH]c(c(CCC(=O)O)c3C)c3c4nc(c(c5[nH]c(c(C=C)c5C)c2NCCN1)NCCN3)C(C)=C4CCC(=O)O. The average Bonchev–Trinajstić information content (AvgIpc) is 3.81. The lowest BCUT2D eigenvalue weighted by Crippen LogP contribution is -2.15. The van der Waals surface area contributed by atoms with Crippen molar-refractivity contribution in [2.45, 2.75) is 53.4 Å². The smallest absolute Gasteiger partial charge is 0.303 e. The molecule has 12 nitrogen and oxygen atoms in total. The van der Waals surface area contributed by atoms with Gasteiger partial charge in [-0.25, -0.2) is 9.97 Å². The quantitative estimate of drug-likeness (QED) is 0.122. The standard InChI is InChI=1S/C38H42N8O4/c1-7-21-17(3)27-35-29-19(5)23(9-11-25(47)48)33(45-29)38(42-16-13-39-35)34-24(10-12-26(49)50)20(6)30(46-34)37-32-22(8-2)18(4)28(44-32)36(31(21)43-27)40-14-15-41-37/h7-8,39-43,46H,1-2,9-16H2,3-6H3,(H,47,48)(H,49,50). The minimum atomic E-state index is -0.897. The summed E-state index contributed by atoms with van der Waals surface area (Å²) in [6.07, 6.45) is 4.11. The fourth-order valence-electron chi connectivity index (χ4n) is 7.68. The highest BCUT2D eigenvalue weighted by molar-refractivity contribution is 6.09. The second-order valence-electron chi connectivity index (χ2n) is 13.1. The molecule has 50 heavy (non-hydrogen) atoms. The number of carboxylic acid groups (broad SMARTS) is 2. The van der Waals surface area contributed by atoms with Gasteiger partial charge in [0.05, 0.1) is 67.6 Å². The van der Waals surface area contributed by atoms with E-state index in [-0.39, 0.29) is 25.7 Å². The van der Waals surface area contributed by atoms with Crippen LogP contribution in [-0.2, 0) is 16.0 Å². The lowest BCUT2D eigenvalue weighted by Gasteiger charge is -2.15. The molecule has 0 spiro atoms. The third-order valence-electron chi connectivity index (χ3n) is 10.2. The van der Waals surface area contributed by atoms with Gasteiger partial charge in [-0.05, 0) is 73.9 Å². The zero-order valence-electron chi connectivity index (χ0n) is 28.8. The maximum Gasteiger partial charge on any atom is 0.303 e. The molecule has 8 N–H and O–H groups in total. The van der Waals surface area contributed by atoms with E-state index in [1.165, 1.54) is 0 Å². The van der Waals surface area contributed by atoms with Crippen molar-refractivity contribution in [3.05, 3.63) is 64.3 Å². The molecule has 0 amide bonds. The van der Waals surface area contributed by atoms with Crippen molar-refractivity contribution in [2.75, 3.05) is 47.4 Å². The Balaban J connectivity index is 1.78. The Labute approximate surface area is 289 Å². The van der Waals surface area contributed by atoms with Crippen LogP contribution < -0.4 is 21.3 Å². The number of H-pyrrole nitrogens is 2. The highest BCUT2D eigenvalue weighted by Gasteiger charge is 2.30. The van der Waals surface area contributed by atoms with Crippen LogP contribution in [0.25, 0.3) is 50.4 Å². The largest absolute Gasteiger partial charge is 0.481 e. The summed E-state index contributed by atoms with van der Waals surface area (Å²) in [7, 11) is 0. The van der Waals surface area contributed by atoms with Crippen molar-refractivity contribution < 1.29 is 19.8 Å². The molecule has 7 rings (SSSR count). The number of hydrogen-bond acceptors (Lipinski definition) is 8. The highest BCUT2D eigenvalue weighted by Crippen LogP contribution is 2.46. The van der Waals surface area contributed by atoms with Gasteiger partial charge in [0, 0.05) is 50.2 Å². The van der Waals surface area contributed by atoms with Crippen molar-refractivity contribution in [2.24, 2.45) is 0 Å². The van der Waals surface area contributed by atoms with Crippen LogP contribution in [0.5, 0.6) is 0 Å². The Morgan fingerprint density at radius 3 is 1.74 bits per heavy atom. The van der Waals surface area contributed by atoms with Crippen LogP contribution in [0.2, 0.25) is 0 Å². The second kappa shape index (κ2) is 12.6. The number of hydrogen-bond donors (Lipinski definition) is 8. The van der Waals surface area contributed by atoms with Gasteiger partial charge in [-0.2, -0.15) is 0 Å². The maximum atomic E-state index is 12.0. The number of aromatic amines is 2. The molecule has 0 aromatic carbocycles. The van der Waals surface area contributed by atoms with E-state index in [1.54, 1.807) is 0 Å². The van der Waals surface area contributed by atoms with E-state index in [4.69, 9.17) is 9.97 Å². The number of anilines is 4. The van der Waals surface area contributed by atoms with Crippen molar-refractivity contribution in [3.63, 3.8) is 0 Å². The van der Waals surface area contributed by atoms with Gasteiger partial charge in [-0.3, -0.25) is 9.59 Å². The number of aliphatic carboxylic acids is 2. The summed E-state index contributed by atoms with van der Waals surface area (Å²) in [5.41, 5.74) is 16.5. The summed E-state index contributed by atoms with van der Waals surface area (Å²) in [6, 6.07) is 0. The summed E-state index contributed by atoms with van der Waals surface area (Å²) in [5.74, 6) is -1.79. The van der Waals surface area contributed by atoms with Crippen LogP contribution in [0.15, 0.2) is 19.2 Å². The molecule has 0 unspecified atom stereocenters. The highest BCUT2D eigenvalue weighted by atomic mass is 16.4. The Kier molecular flexibility index (Phi) is 8.25. The Bertz CT molecular complexity index is 2270. The van der Waals surface area contributed by atoms with E-state index >= 15 is 0 Å². The van der Waals surface area contributed by atoms with Gasteiger partial charge in [0.15, 0.2) is 0 Å². The predicted octanol–water partition coefficient (Wildman–Crippen LogP) is 7.18. The van der Waals surface area contributed by atoms with Crippen LogP contribution >= 0.6 is 0 Å².